The fourth-order valence-corrected chi connectivity index (χ4v) is 5.27. The second kappa shape index (κ2) is 2.98. The Morgan fingerprint density at radius 1 is 0.800 bits per heavy atom. The molecule has 1 aliphatic heterocycles. The minimum atomic E-state index is 0.707. The zero-order chi connectivity index (χ0) is 6.86. The van der Waals surface area contributed by atoms with Gasteiger partial charge < -0.3 is 0 Å². The van der Waals surface area contributed by atoms with E-state index in [1.165, 1.54) is 43.6 Å². The minimum Gasteiger partial charge on any atom is -0.143 e. The number of hydrogen-bond donors (Lipinski definition) is 0. The molecule has 0 aromatic heterocycles. The van der Waals surface area contributed by atoms with E-state index >= 15 is 0 Å². The molecule has 1 saturated heterocycles. The molecule has 0 N–H and O–H groups in total. The summed E-state index contributed by atoms with van der Waals surface area (Å²) in [6.07, 6.45) is 7.44. The van der Waals surface area contributed by atoms with Crippen molar-refractivity contribution in [1.29, 1.82) is 0 Å². The molecule has 1 spiro atoms. The Bertz CT molecular complexity index is 108. The van der Waals surface area contributed by atoms with Crippen LogP contribution in [0.3, 0.4) is 0 Å². The van der Waals surface area contributed by atoms with Crippen LogP contribution in [0.4, 0.5) is 0 Å². The Morgan fingerprint density at radius 2 is 1.40 bits per heavy atom. The molecular weight excluding hydrogens is 160 g/mol. The highest BCUT2D eigenvalue weighted by Crippen LogP contribution is 2.52. The van der Waals surface area contributed by atoms with Gasteiger partial charge in [0.05, 0.1) is 4.08 Å². The van der Waals surface area contributed by atoms with E-state index in [0.29, 0.717) is 4.08 Å². The van der Waals surface area contributed by atoms with Crippen molar-refractivity contribution in [1.82, 2.24) is 0 Å². The van der Waals surface area contributed by atoms with Crippen LogP contribution in [-0.2, 0) is 0 Å². The fraction of sp³-hybridized carbons (Fsp3) is 1.00. The molecule has 0 amide bonds. The molecule has 10 heavy (non-hydrogen) atoms. The van der Waals surface area contributed by atoms with Gasteiger partial charge in [-0.3, -0.25) is 0 Å². The first-order valence-corrected chi connectivity index (χ1v) is 6.16. The summed E-state index contributed by atoms with van der Waals surface area (Å²) in [5.41, 5.74) is 0. The molecule has 2 rings (SSSR count). The molecule has 0 aromatic carbocycles. The van der Waals surface area contributed by atoms with E-state index in [-0.39, 0.29) is 0 Å². The first kappa shape index (κ1) is 7.35. The molecule has 0 atom stereocenters. The second-order valence-electron chi connectivity index (χ2n) is 3.17. The lowest BCUT2D eigenvalue weighted by Gasteiger charge is -2.31. The third-order valence-electron chi connectivity index (χ3n) is 2.43. The lowest BCUT2D eigenvalue weighted by Crippen LogP contribution is -2.20. The van der Waals surface area contributed by atoms with Gasteiger partial charge in [0.25, 0.3) is 0 Å². The molecule has 2 aliphatic rings. The van der Waals surface area contributed by atoms with E-state index in [4.69, 9.17) is 0 Å². The maximum Gasteiger partial charge on any atom is 0.0611 e. The van der Waals surface area contributed by atoms with Crippen molar-refractivity contribution in [3.05, 3.63) is 0 Å². The monoisotopic (exact) mass is 174 g/mol. The summed E-state index contributed by atoms with van der Waals surface area (Å²) in [5, 5.41) is 0. The van der Waals surface area contributed by atoms with Crippen molar-refractivity contribution in [2.24, 2.45) is 0 Å². The Hall–Kier alpha value is 0.700. The molecule has 1 heterocycles. The number of hydrogen-bond acceptors (Lipinski definition) is 2. The number of rotatable bonds is 0. The molecule has 2 heteroatoms. The van der Waals surface area contributed by atoms with Gasteiger partial charge in [0.2, 0.25) is 0 Å². The van der Waals surface area contributed by atoms with Crippen LogP contribution < -0.4 is 0 Å². The maximum atomic E-state index is 2.23. The summed E-state index contributed by atoms with van der Waals surface area (Å²) >= 11 is 4.46. The van der Waals surface area contributed by atoms with Crippen molar-refractivity contribution in [2.45, 2.75) is 36.2 Å². The molecule has 1 saturated carbocycles. The Balaban J connectivity index is 1.98. The van der Waals surface area contributed by atoms with Gasteiger partial charge in [0, 0.05) is 11.5 Å². The van der Waals surface area contributed by atoms with Gasteiger partial charge in [-0.2, -0.15) is 0 Å². The third-order valence-corrected chi connectivity index (χ3v) is 6.08. The van der Waals surface area contributed by atoms with E-state index in [9.17, 15) is 0 Å². The van der Waals surface area contributed by atoms with E-state index in [2.05, 4.69) is 23.5 Å². The van der Waals surface area contributed by atoms with Crippen LogP contribution in [0.5, 0.6) is 0 Å². The van der Waals surface area contributed by atoms with Gasteiger partial charge in [-0.15, -0.1) is 23.5 Å². The van der Waals surface area contributed by atoms with Crippen molar-refractivity contribution in [3.63, 3.8) is 0 Å². The predicted molar refractivity (Wildman–Crippen MR) is 50.7 cm³/mol. The lowest BCUT2D eigenvalue weighted by molar-refractivity contribution is 0.493. The van der Waals surface area contributed by atoms with Crippen LogP contribution in [0, 0.1) is 0 Å². The van der Waals surface area contributed by atoms with Crippen molar-refractivity contribution in [2.75, 3.05) is 11.5 Å². The van der Waals surface area contributed by atoms with Gasteiger partial charge in [-0.25, -0.2) is 0 Å². The van der Waals surface area contributed by atoms with Gasteiger partial charge in [-0.1, -0.05) is 19.3 Å². The molecule has 0 unspecified atom stereocenters. The summed E-state index contributed by atoms with van der Waals surface area (Å²) in [7, 11) is 0. The summed E-state index contributed by atoms with van der Waals surface area (Å²) in [6.45, 7) is 0. The van der Waals surface area contributed by atoms with Crippen LogP contribution in [0.1, 0.15) is 32.1 Å². The molecule has 2 fully saturated rings. The second-order valence-corrected chi connectivity index (χ2v) is 6.38. The first-order valence-electron chi connectivity index (χ1n) is 4.19. The van der Waals surface area contributed by atoms with Gasteiger partial charge in [0.15, 0.2) is 0 Å². The fourth-order valence-electron chi connectivity index (χ4n) is 1.88. The SMILES string of the molecule is C1CCC2(CC1)SCCS2. The lowest BCUT2D eigenvalue weighted by atomic mass is 10.00. The molecule has 1 aliphatic carbocycles. The highest BCUT2D eigenvalue weighted by molar-refractivity contribution is 8.21. The smallest absolute Gasteiger partial charge is 0.0611 e. The topological polar surface area (TPSA) is 0 Å². The van der Waals surface area contributed by atoms with Crippen LogP contribution in [0.2, 0.25) is 0 Å². The molecule has 58 valence electrons. The van der Waals surface area contributed by atoms with Crippen LogP contribution in [-0.4, -0.2) is 15.6 Å². The quantitative estimate of drug-likeness (QED) is 0.553. The van der Waals surface area contributed by atoms with Crippen LogP contribution in [0.15, 0.2) is 0 Å². The zero-order valence-electron chi connectivity index (χ0n) is 6.27. The summed E-state index contributed by atoms with van der Waals surface area (Å²) in [5.74, 6) is 2.81. The summed E-state index contributed by atoms with van der Waals surface area (Å²) in [6, 6.07) is 0. The normalized spacial score (nSPS) is 31.2. The molecular formula is C8H14S2. The number of thioether (sulfide) groups is 2. The largest absolute Gasteiger partial charge is 0.143 e. The Labute approximate surface area is 71.5 Å². The molecule has 0 bridgehead atoms. The van der Waals surface area contributed by atoms with Crippen molar-refractivity contribution >= 4 is 23.5 Å². The Morgan fingerprint density at radius 3 is 2.00 bits per heavy atom. The summed E-state index contributed by atoms with van der Waals surface area (Å²) in [4.78, 5) is 0. The van der Waals surface area contributed by atoms with Gasteiger partial charge in [-0.05, 0) is 12.8 Å². The zero-order valence-corrected chi connectivity index (χ0v) is 7.90. The highest BCUT2D eigenvalue weighted by atomic mass is 32.2. The van der Waals surface area contributed by atoms with Gasteiger partial charge >= 0.3 is 0 Å². The van der Waals surface area contributed by atoms with E-state index in [0.717, 1.165) is 0 Å². The van der Waals surface area contributed by atoms with Crippen LogP contribution in [0.25, 0.3) is 0 Å². The van der Waals surface area contributed by atoms with Crippen LogP contribution >= 0.6 is 23.5 Å². The van der Waals surface area contributed by atoms with E-state index in [1.807, 2.05) is 0 Å². The standard InChI is InChI=1S/C8H14S2/c1-2-4-8(5-3-1)9-6-7-10-8/h1-7H2. The maximum absolute atomic E-state index is 2.23. The summed E-state index contributed by atoms with van der Waals surface area (Å²) < 4.78 is 0.707. The van der Waals surface area contributed by atoms with Crippen molar-refractivity contribution < 1.29 is 0 Å². The highest BCUT2D eigenvalue weighted by Gasteiger charge is 2.36. The van der Waals surface area contributed by atoms with E-state index in [1.54, 1.807) is 0 Å². The molecule has 0 radical (unpaired) electrons. The Kier molecular flexibility index (Phi) is 2.19. The first-order chi connectivity index (χ1) is 4.91. The van der Waals surface area contributed by atoms with E-state index < -0.39 is 0 Å². The predicted octanol–water partition coefficient (Wildman–Crippen LogP) is 3.13. The third kappa shape index (κ3) is 1.33. The average molecular weight is 174 g/mol. The van der Waals surface area contributed by atoms with Gasteiger partial charge in [0.1, 0.15) is 0 Å². The molecule has 0 aromatic rings. The molecule has 0 nitrogen and oxygen atoms in total. The van der Waals surface area contributed by atoms with Crippen molar-refractivity contribution in [3.8, 4) is 0 Å². The minimum absolute atomic E-state index is 0.707. The average Bonchev–Trinajstić information content (AvgIpc) is 2.39.